The summed E-state index contributed by atoms with van der Waals surface area (Å²) in [5.74, 6) is -0.153. The Bertz CT molecular complexity index is 1040. The summed E-state index contributed by atoms with van der Waals surface area (Å²) in [6.45, 7) is 8.81. The topological polar surface area (TPSA) is 196 Å². The molecule has 0 aliphatic heterocycles. The van der Waals surface area contributed by atoms with Crippen LogP contribution in [-0.4, -0.2) is 32.8 Å². The van der Waals surface area contributed by atoms with Crippen LogP contribution in [0, 0.1) is 11.3 Å². The Kier molecular flexibility index (Phi) is 11.6. The van der Waals surface area contributed by atoms with Gasteiger partial charge in [0.2, 0.25) is 0 Å². The molecule has 1 aliphatic rings. The zero-order valence-corrected chi connectivity index (χ0v) is 21.8. The molecule has 2 aromatic heterocycles. The molecule has 0 atom stereocenters. The van der Waals surface area contributed by atoms with Crippen molar-refractivity contribution in [3.05, 3.63) is 35.7 Å². The average Bonchev–Trinajstić information content (AvgIpc) is 2.79. The Balaban J connectivity index is 0.000000377. The minimum Gasteiger partial charge on any atom is -0.444 e. The minimum absolute atomic E-state index is 0.0408. The minimum atomic E-state index is -0.736. The number of nitrogens with two attached hydrogens (primary N) is 3. The maximum absolute atomic E-state index is 11.4. The Morgan fingerprint density at radius 2 is 1.56 bits per heavy atom. The van der Waals surface area contributed by atoms with Gasteiger partial charge in [-0.15, -0.1) is 10.2 Å². The van der Waals surface area contributed by atoms with E-state index in [-0.39, 0.29) is 11.5 Å². The van der Waals surface area contributed by atoms with Crippen LogP contribution >= 0.6 is 0 Å². The maximum Gasteiger partial charge on any atom is 0.405 e. The van der Waals surface area contributed by atoms with Crippen molar-refractivity contribution in [2.75, 3.05) is 11.1 Å². The van der Waals surface area contributed by atoms with Crippen LogP contribution in [0.1, 0.15) is 89.3 Å². The van der Waals surface area contributed by atoms with Crippen LogP contribution in [0.4, 0.5) is 22.1 Å². The molecule has 0 aromatic carbocycles. The van der Waals surface area contributed by atoms with Crippen LogP contribution in [0.2, 0.25) is 0 Å². The summed E-state index contributed by atoms with van der Waals surface area (Å²) in [7, 11) is 0. The second-order valence-electron chi connectivity index (χ2n) is 9.82. The molecule has 0 spiro atoms. The van der Waals surface area contributed by atoms with Gasteiger partial charge < -0.3 is 27.3 Å². The van der Waals surface area contributed by atoms with E-state index in [2.05, 4.69) is 31.3 Å². The molecular weight excluding hydrogens is 460 g/mol. The first-order valence-electron chi connectivity index (χ1n) is 11.8. The van der Waals surface area contributed by atoms with Crippen LogP contribution in [0.3, 0.4) is 0 Å². The molecule has 0 unspecified atom stereocenters. The van der Waals surface area contributed by atoms with E-state index in [9.17, 15) is 14.9 Å². The molecule has 196 valence electrons. The normalized spacial score (nSPS) is 13.0. The Hall–Kier alpha value is -3.94. The molecule has 36 heavy (non-hydrogen) atoms. The summed E-state index contributed by atoms with van der Waals surface area (Å²) in [6.07, 6.45) is 8.28. The zero-order valence-electron chi connectivity index (χ0n) is 21.8. The fourth-order valence-corrected chi connectivity index (χ4v) is 3.09. The van der Waals surface area contributed by atoms with Crippen LogP contribution in [0.5, 0.6) is 0 Å². The van der Waals surface area contributed by atoms with Gasteiger partial charge in [0.25, 0.3) is 5.91 Å². The molecule has 0 saturated heterocycles. The van der Waals surface area contributed by atoms with Crippen molar-refractivity contribution < 1.29 is 14.3 Å². The Labute approximate surface area is 212 Å². The predicted octanol–water partition coefficient (Wildman–Crippen LogP) is 4.32. The zero-order chi connectivity index (χ0) is 27.4. The van der Waals surface area contributed by atoms with E-state index < -0.39 is 23.0 Å². The lowest BCUT2D eigenvalue weighted by atomic mass is 9.91. The Morgan fingerprint density at radius 3 is 1.97 bits per heavy atom. The van der Waals surface area contributed by atoms with Gasteiger partial charge in [0, 0.05) is 6.07 Å². The van der Waals surface area contributed by atoms with Gasteiger partial charge in [-0.1, -0.05) is 44.6 Å². The first-order valence-corrected chi connectivity index (χ1v) is 11.8. The van der Waals surface area contributed by atoms with Gasteiger partial charge in [-0.2, -0.15) is 5.26 Å². The van der Waals surface area contributed by atoms with Crippen molar-refractivity contribution in [3.8, 4) is 6.07 Å². The smallest absolute Gasteiger partial charge is 0.405 e. The van der Waals surface area contributed by atoms with Gasteiger partial charge in [0.1, 0.15) is 17.2 Å². The molecule has 2 heterocycles. The second kappa shape index (κ2) is 13.8. The van der Waals surface area contributed by atoms with Crippen LogP contribution in [0.25, 0.3) is 0 Å². The standard InChI is InChI=1S/C14H15N7O.C6H12.C5H11NO2/c1-14(2,7-15)9-4-3-5-11(19-9)18-8-6-10(16)20-21-12(8)13(17)22;1-2-4-6-5-3-1;1-5(2,3)8-4(6)7/h3-6H,1-2H3,(H2,17,22)(H3,16,18,19,20);1-6H2;1-3H3,(H2,6,7). The molecule has 1 saturated carbocycles. The largest absolute Gasteiger partial charge is 0.444 e. The second-order valence-corrected chi connectivity index (χ2v) is 9.82. The summed E-state index contributed by atoms with van der Waals surface area (Å²) < 4.78 is 4.58. The fraction of sp³-hybridized carbons (Fsp3) is 0.520. The van der Waals surface area contributed by atoms with Crippen LogP contribution < -0.4 is 22.5 Å². The molecule has 11 nitrogen and oxygen atoms in total. The number of aromatic nitrogens is 3. The number of amides is 2. The SMILES string of the molecule is C1CCCCC1.CC(C)(C#N)c1cccc(Nc2cc(N)nnc2C(N)=O)n1.CC(C)(C)OC(N)=O. The number of nitrogen functional groups attached to an aromatic ring is 1. The number of hydrogen-bond donors (Lipinski definition) is 4. The third kappa shape index (κ3) is 11.5. The quantitative estimate of drug-likeness (QED) is 0.474. The predicted molar refractivity (Wildman–Crippen MR) is 139 cm³/mol. The number of carbonyl (C=O) groups excluding carboxylic acids is 2. The number of primary amides is 2. The molecule has 1 aliphatic carbocycles. The lowest BCUT2D eigenvalue weighted by molar-refractivity contribution is 0.0599. The van der Waals surface area contributed by atoms with Crippen LogP contribution in [0.15, 0.2) is 24.3 Å². The molecule has 0 bridgehead atoms. The number of hydrogen-bond acceptors (Lipinski definition) is 9. The van der Waals surface area contributed by atoms with Gasteiger partial charge in [-0.25, -0.2) is 9.78 Å². The van der Waals surface area contributed by atoms with Gasteiger partial charge in [0.05, 0.1) is 22.9 Å². The van der Waals surface area contributed by atoms with Gasteiger partial charge >= 0.3 is 6.09 Å². The van der Waals surface area contributed by atoms with Crippen molar-refractivity contribution in [1.82, 2.24) is 15.2 Å². The third-order valence-corrected chi connectivity index (χ3v) is 4.88. The van der Waals surface area contributed by atoms with Crippen molar-refractivity contribution in [3.63, 3.8) is 0 Å². The maximum atomic E-state index is 11.4. The van der Waals surface area contributed by atoms with Crippen molar-refractivity contribution >= 4 is 29.3 Å². The van der Waals surface area contributed by atoms with Crippen molar-refractivity contribution in [1.29, 1.82) is 5.26 Å². The van der Waals surface area contributed by atoms with E-state index in [4.69, 9.17) is 17.2 Å². The van der Waals surface area contributed by atoms with Gasteiger partial charge in [0.15, 0.2) is 5.69 Å². The highest BCUT2D eigenvalue weighted by Crippen LogP contribution is 2.24. The third-order valence-electron chi connectivity index (χ3n) is 4.88. The van der Waals surface area contributed by atoms with Crippen LogP contribution in [-0.2, 0) is 10.2 Å². The van der Waals surface area contributed by atoms with E-state index in [1.54, 1.807) is 52.8 Å². The first-order chi connectivity index (χ1) is 16.7. The first kappa shape index (κ1) is 30.1. The average molecular weight is 499 g/mol. The molecule has 1 fully saturated rings. The highest BCUT2D eigenvalue weighted by atomic mass is 16.6. The van der Waals surface area contributed by atoms with Crippen molar-refractivity contribution in [2.45, 2.75) is 84.2 Å². The van der Waals surface area contributed by atoms with E-state index in [0.29, 0.717) is 17.2 Å². The number of nitrogens with one attached hydrogen (secondary N) is 1. The molecule has 7 N–H and O–H groups in total. The highest BCUT2D eigenvalue weighted by molar-refractivity contribution is 5.97. The van der Waals surface area contributed by atoms with E-state index in [0.717, 1.165) is 0 Å². The van der Waals surface area contributed by atoms with E-state index in [1.165, 1.54) is 44.6 Å². The summed E-state index contributed by atoms with van der Waals surface area (Å²) in [5.41, 5.74) is 15.2. The molecule has 11 heteroatoms. The molecule has 3 rings (SSSR count). The number of nitrogens with zero attached hydrogens (tertiary/aromatic N) is 4. The molecule has 0 radical (unpaired) electrons. The number of pyridine rings is 1. The summed E-state index contributed by atoms with van der Waals surface area (Å²) in [4.78, 5) is 25.8. The Morgan fingerprint density at radius 1 is 1.00 bits per heavy atom. The van der Waals surface area contributed by atoms with Crippen molar-refractivity contribution in [2.24, 2.45) is 11.5 Å². The molecular formula is C25H38N8O3. The van der Waals surface area contributed by atoms with Gasteiger partial charge in [-0.05, 0) is 46.8 Å². The number of ether oxygens (including phenoxy) is 1. The monoisotopic (exact) mass is 498 g/mol. The number of rotatable bonds is 4. The van der Waals surface area contributed by atoms with E-state index >= 15 is 0 Å². The summed E-state index contributed by atoms with van der Waals surface area (Å²) >= 11 is 0. The lowest BCUT2D eigenvalue weighted by Gasteiger charge is -2.16. The highest BCUT2D eigenvalue weighted by Gasteiger charge is 2.22. The van der Waals surface area contributed by atoms with E-state index in [1.807, 2.05) is 0 Å². The number of nitriles is 1. The number of anilines is 3. The summed E-state index contributed by atoms with van der Waals surface area (Å²) in [6, 6.07) is 8.82. The summed E-state index contributed by atoms with van der Waals surface area (Å²) in [5, 5.41) is 19.4. The number of carbonyl (C=O) groups is 2. The fourth-order valence-electron chi connectivity index (χ4n) is 3.09. The molecule has 2 amide bonds. The van der Waals surface area contributed by atoms with Gasteiger partial charge in [-0.3, -0.25) is 4.79 Å². The molecule has 2 aromatic rings. The lowest BCUT2D eigenvalue weighted by Crippen LogP contribution is -2.27.